The highest BCUT2D eigenvalue weighted by atomic mass is 16.5. The molecule has 2 saturated heterocycles. The van der Waals surface area contributed by atoms with Gasteiger partial charge in [0.05, 0.1) is 12.5 Å². The molecule has 1 N–H and O–H groups in total. The number of aryl methyl sites for hydroxylation is 1. The van der Waals surface area contributed by atoms with E-state index < -0.39 is 0 Å². The van der Waals surface area contributed by atoms with Gasteiger partial charge >= 0.3 is 0 Å². The smallest absolute Gasteiger partial charge is 0.227 e. The quantitative estimate of drug-likeness (QED) is 0.644. The van der Waals surface area contributed by atoms with Crippen molar-refractivity contribution in [3.8, 4) is 5.75 Å². The minimum atomic E-state index is -0.228. The number of ether oxygens (including phenoxy) is 1. The summed E-state index contributed by atoms with van der Waals surface area (Å²) in [7, 11) is 0. The van der Waals surface area contributed by atoms with Crippen molar-refractivity contribution in [2.24, 2.45) is 5.92 Å². The SMILES string of the molecule is Cc1ccccc1OCCCC(=O)NC1CCN(C(=O)C2CC(=O)N(C(C)C)C2)CC1. The normalized spacial score (nSPS) is 19.7. The average Bonchev–Trinajstić information content (AvgIpc) is 3.14. The van der Waals surface area contributed by atoms with Gasteiger partial charge in [-0.25, -0.2) is 0 Å². The molecule has 0 spiro atoms. The first-order valence-corrected chi connectivity index (χ1v) is 11.4. The van der Waals surface area contributed by atoms with Crippen molar-refractivity contribution in [1.29, 1.82) is 0 Å². The standard InChI is InChI=1S/C24H35N3O4/c1-17(2)27-16-19(15-23(27)29)24(30)26-12-10-20(11-13-26)25-22(28)9-6-14-31-21-8-5-4-7-18(21)3/h4-5,7-8,17,19-20H,6,9-16H2,1-3H3,(H,25,28). The first kappa shape index (κ1) is 23.1. The second-order valence-corrected chi connectivity index (χ2v) is 8.93. The lowest BCUT2D eigenvalue weighted by molar-refractivity contribution is -0.137. The Hall–Kier alpha value is -2.57. The van der Waals surface area contributed by atoms with Gasteiger partial charge in [0.25, 0.3) is 0 Å². The van der Waals surface area contributed by atoms with Gasteiger partial charge in [0.15, 0.2) is 0 Å². The number of para-hydroxylation sites is 1. The highest BCUT2D eigenvalue weighted by Gasteiger charge is 2.38. The lowest BCUT2D eigenvalue weighted by Crippen LogP contribution is -2.48. The molecular formula is C24H35N3O4. The van der Waals surface area contributed by atoms with Crippen LogP contribution in [-0.4, -0.2) is 65.8 Å². The van der Waals surface area contributed by atoms with Crippen molar-refractivity contribution in [2.75, 3.05) is 26.2 Å². The zero-order chi connectivity index (χ0) is 22.4. The minimum absolute atomic E-state index is 0.0344. The number of hydrogen-bond acceptors (Lipinski definition) is 4. The van der Waals surface area contributed by atoms with E-state index in [2.05, 4.69) is 5.32 Å². The van der Waals surface area contributed by atoms with Crippen LogP contribution in [0.1, 0.15) is 51.5 Å². The van der Waals surface area contributed by atoms with Crippen LogP contribution < -0.4 is 10.1 Å². The van der Waals surface area contributed by atoms with Gasteiger partial charge in [-0.1, -0.05) is 18.2 Å². The molecule has 1 aromatic carbocycles. The molecule has 1 unspecified atom stereocenters. The van der Waals surface area contributed by atoms with Crippen LogP contribution in [0.4, 0.5) is 0 Å². The molecule has 31 heavy (non-hydrogen) atoms. The Bertz CT molecular complexity index is 787. The fourth-order valence-electron chi connectivity index (χ4n) is 4.33. The highest BCUT2D eigenvalue weighted by molar-refractivity contribution is 5.89. The van der Waals surface area contributed by atoms with Crippen molar-refractivity contribution in [2.45, 2.75) is 65.0 Å². The van der Waals surface area contributed by atoms with Crippen molar-refractivity contribution in [3.63, 3.8) is 0 Å². The third-order valence-corrected chi connectivity index (χ3v) is 6.20. The molecule has 2 aliphatic rings. The van der Waals surface area contributed by atoms with E-state index in [4.69, 9.17) is 4.74 Å². The van der Waals surface area contributed by atoms with Gasteiger partial charge in [0, 0.05) is 44.6 Å². The van der Waals surface area contributed by atoms with E-state index in [-0.39, 0.29) is 35.7 Å². The number of hydrogen-bond donors (Lipinski definition) is 1. The predicted octanol–water partition coefficient (Wildman–Crippen LogP) is 2.52. The molecule has 1 aromatic rings. The average molecular weight is 430 g/mol. The molecule has 3 amide bonds. The lowest BCUT2D eigenvalue weighted by atomic mass is 10.0. The monoisotopic (exact) mass is 429 g/mol. The van der Waals surface area contributed by atoms with Crippen LogP contribution in [0.3, 0.4) is 0 Å². The Balaban J connectivity index is 1.33. The van der Waals surface area contributed by atoms with Gasteiger partial charge in [-0.05, 0) is 51.7 Å². The summed E-state index contributed by atoms with van der Waals surface area (Å²) in [6, 6.07) is 8.09. The summed E-state index contributed by atoms with van der Waals surface area (Å²) in [5.74, 6) is 0.818. The zero-order valence-electron chi connectivity index (χ0n) is 18.9. The number of amides is 3. The molecule has 1 atom stereocenters. The number of carbonyl (C=O) groups is 3. The van der Waals surface area contributed by atoms with Crippen molar-refractivity contribution < 1.29 is 19.1 Å². The Kier molecular flexibility index (Phi) is 7.93. The molecule has 7 heteroatoms. The van der Waals surface area contributed by atoms with Gasteiger partial charge in [0.1, 0.15) is 5.75 Å². The van der Waals surface area contributed by atoms with E-state index in [1.807, 2.05) is 49.9 Å². The highest BCUT2D eigenvalue weighted by Crippen LogP contribution is 2.24. The third-order valence-electron chi connectivity index (χ3n) is 6.20. The summed E-state index contributed by atoms with van der Waals surface area (Å²) in [4.78, 5) is 40.8. The molecule has 2 fully saturated rings. The van der Waals surface area contributed by atoms with E-state index in [1.165, 1.54) is 0 Å². The summed E-state index contributed by atoms with van der Waals surface area (Å²) < 4.78 is 5.74. The summed E-state index contributed by atoms with van der Waals surface area (Å²) in [6.45, 7) is 8.26. The predicted molar refractivity (Wildman–Crippen MR) is 119 cm³/mol. The maximum Gasteiger partial charge on any atom is 0.227 e. The molecule has 7 nitrogen and oxygen atoms in total. The van der Waals surface area contributed by atoms with Crippen LogP contribution in [0, 0.1) is 12.8 Å². The fourth-order valence-corrected chi connectivity index (χ4v) is 4.33. The van der Waals surface area contributed by atoms with E-state index in [9.17, 15) is 14.4 Å². The Morgan fingerprint density at radius 1 is 1.19 bits per heavy atom. The molecule has 0 bridgehead atoms. The van der Waals surface area contributed by atoms with Crippen LogP contribution in [0.2, 0.25) is 0 Å². The van der Waals surface area contributed by atoms with Gasteiger partial charge < -0.3 is 19.9 Å². The van der Waals surface area contributed by atoms with Crippen LogP contribution in [0.5, 0.6) is 5.75 Å². The number of carbonyl (C=O) groups excluding carboxylic acids is 3. The van der Waals surface area contributed by atoms with Crippen LogP contribution >= 0.6 is 0 Å². The Morgan fingerprint density at radius 3 is 2.55 bits per heavy atom. The van der Waals surface area contributed by atoms with Crippen molar-refractivity contribution in [3.05, 3.63) is 29.8 Å². The minimum Gasteiger partial charge on any atom is -0.493 e. The van der Waals surface area contributed by atoms with Gasteiger partial charge in [-0.15, -0.1) is 0 Å². The number of piperidine rings is 1. The fraction of sp³-hybridized carbons (Fsp3) is 0.625. The number of rotatable bonds is 8. The molecular weight excluding hydrogens is 394 g/mol. The summed E-state index contributed by atoms with van der Waals surface area (Å²) in [6.07, 6.45) is 2.93. The molecule has 0 radical (unpaired) electrons. The molecule has 0 aliphatic carbocycles. The molecule has 3 rings (SSSR count). The van der Waals surface area contributed by atoms with Crippen LogP contribution in [0.25, 0.3) is 0 Å². The molecule has 0 saturated carbocycles. The molecule has 170 valence electrons. The van der Waals surface area contributed by atoms with Gasteiger partial charge in [-0.2, -0.15) is 0 Å². The largest absolute Gasteiger partial charge is 0.493 e. The van der Waals surface area contributed by atoms with Crippen molar-refractivity contribution >= 4 is 17.7 Å². The maximum atomic E-state index is 12.8. The molecule has 2 heterocycles. The number of nitrogens with one attached hydrogen (secondary N) is 1. The van der Waals surface area contributed by atoms with Crippen LogP contribution in [-0.2, 0) is 14.4 Å². The Labute approximate surface area is 185 Å². The second-order valence-electron chi connectivity index (χ2n) is 8.93. The summed E-state index contributed by atoms with van der Waals surface area (Å²) in [5.41, 5.74) is 1.09. The van der Waals surface area contributed by atoms with Crippen molar-refractivity contribution in [1.82, 2.24) is 15.1 Å². The van der Waals surface area contributed by atoms with E-state index in [1.54, 1.807) is 4.90 Å². The third kappa shape index (κ3) is 6.21. The zero-order valence-corrected chi connectivity index (χ0v) is 18.9. The first-order chi connectivity index (χ1) is 14.8. The first-order valence-electron chi connectivity index (χ1n) is 11.4. The van der Waals surface area contributed by atoms with E-state index >= 15 is 0 Å². The maximum absolute atomic E-state index is 12.8. The van der Waals surface area contributed by atoms with Crippen LogP contribution in [0.15, 0.2) is 24.3 Å². The molecule has 0 aromatic heterocycles. The van der Waals surface area contributed by atoms with E-state index in [0.29, 0.717) is 45.5 Å². The second kappa shape index (κ2) is 10.6. The number of nitrogens with zero attached hydrogens (tertiary/aromatic N) is 2. The number of benzene rings is 1. The summed E-state index contributed by atoms with van der Waals surface area (Å²) >= 11 is 0. The van der Waals surface area contributed by atoms with Gasteiger partial charge in [0.2, 0.25) is 17.7 Å². The van der Waals surface area contributed by atoms with E-state index in [0.717, 1.165) is 24.2 Å². The lowest BCUT2D eigenvalue weighted by Gasteiger charge is -2.34. The van der Waals surface area contributed by atoms with Gasteiger partial charge in [-0.3, -0.25) is 14.4 Å². The Morgan fingerprint density at radius 2 is 1.90 bits per heavy atom. The number of likely N-dealkylation sites (tertiary alicyclic amines) is 2. The molecule has 2 aliphatic heterocycles. The topological polar surface area (TPSA) is 79.0 Å². The summed E-state index contributed by atoms with van der Waals surface area (Å²) in [5, 5.41) is 3.09.